The molecule has 3 aliphatic rings. The van der Waals surface area contributed by atoms with Gasteiger partial charge in [-0.3, -0.25) is 10.6 Å². The van der Waals surface area contributed by atoms with E-state index in [0.717, 1.165) is 10.4 Å². The van der Waals surface area contributed by atoms with Crippen molar-refractivity contribution in [3.8, 4) is 0 Å². The maximum atomic E-state index is 4.16. The SMILES string of the molecule is CCC(NC1CCCCC1)C(N[SiH3])(NC1CCCCC1)NC1CCCCC1. The van der Waals surface area contributed by atoms with E-state index in [2.05, 4.69) is 27.9 Å². The molecule has 0 aromatic rings. The van der Waals surface area contributed by atoms with Crippen LogP contribution in [0.15, 0.2) is 0 Å². The Morgan fingerprint density at radius 1 is 0.704 bits per heavy atom. The highest BCUT2D eigenvalue weighted by Gasteiger charge is 2.40. The van der Waals surface area contributed by atoms with Crippen molar-refractivity contribution in [2.24, 2.45) is 0 Å². The zero-order valence-electron chi connectivity index (χ0n) is 18.1. The largest absolute Gasteiger partial charge is 0.315 e. The zero-order valence-corrected chi connectivity index (χ0v) is 20.1. The Bertz CT molecular complexity index is 381. The molecule has 1 atom stereocenters. The van der Waals surface area contributed by atoms with Gasteiger partial charge in [0.15, 0.2) is 0 Å². The number of hydrogen-bond acceptors (Lipinski definition) is 4. The molecule has 3 fully saturated rings. The van der Waals surface area contributed by atoms with Gasteiger partial charge in [-0.2, -0.15) is 0 Å². The average Bonchev–Trinajstić information content (AvgIpc) is 2.74. The predicted octanol–water partition coefficient (Wildman–Crippen LogP) is 3.06. The molecule has 3 rings (SSSR count). The van der Waals surface area contributed by atoms with Gasteiger partial charge in [0.1, 0.15) is 5.79 Å². The van der Waals surface area contributed by atoms with Gasteiger partial charge in [0, 0.05) is 18.1 Å². The summed E-state index contributed by atoms with van der Waals surface area (Å²) in [7, 11) is 1.01. The van der Waals surface area contributed by atoms with Crippen molar-refractivity contribution in [2.45, 2.75) is 140 Å². The first kappa shape index (κ1) is 21.8. The van der Waals surface area contributed by atoms with Crippen LogP contribution in [0, 0.1) is 0 Å². The molecular weight excluding hydrogens is 348 g/mol. The maximum Gasteiger partial charge on any atom is 0.133 e. The van der Waals surface area contributed by atoms with Crippen LogP contribution in [0.4, 0.5) is 0 Å². The molecule has 0 aromatic heterocycles. The van der Waals surface area contributed by atoms with Gasteiger partial charge >= 0.3 is 0 Å². The molecule has 0 heterocycles. The van der Waals surface area contributed by atoms with Crippen LogP contribution in [0.2, 0.25) is 0 Å². The summed E-state index contributed by atoms with van der Waals surface area (Å²) in [5.41, 5.74) is 0. The molecule has 4 N–H and O–H groups in total. The van der Waals surface area contributed by atoms with Crippen LogP contribution in [0.3, 0.4) is 0 Å². The van der Waals surface area contributed by atoms with Gasteiger partial charge in [-0.25, -0.2) is 0 Å². The van der Waals surface area contributed by atoms with E-state index in [4.69, 9.17) is 0 Å². The lowest BCUT2D eigenvalue weighted by Crippen LogP contribution is -2.78. The fraction of sp³-hybridized carbons (Fsp3) is 1.00. The molecule has 0 spiro atoms. The lowest BCUT2D eigenvalue weighted by molar-refractivity contribution is 0.0956. The maximum absolute atomic E-state index is 4.16. The van der Waals surface area contributed by atoms with Gasteiger partial charge in [-0.05, 0) is 44.9 Å². The van der Waals surface area contributed by atoms with E-state index >= 15 is 0 Å². The third-order valence-corrected chi connectivity index (χ3v) is 8.23. The molecule has 0 saturated heterocycles. The Morgan fingerprint density at radius 2 is 1.11 bits per heavy atom. The number of nitrogens with one attached hydrogen (secondary N) is 4. The summed E-state index contributed by atoms with van der Waals surface area (Å²) in [5, 5.41) is 12.4. The van der Waals surface area contributed by atoms with Gasteiger partial charge in [-0.15, -0.1) is 0 Å². The highest BCUT2D eigenvalue weighted by Crippen LogP contribution is 2.25. The first-order valence-electron chi connectivity index (χ1n) is 12.3. The normalized spacial score (nSPS) is 25.7. The van der Waals surface area contributed by atoms with Gasteiger partial charge in [0.2, 0.25) is 0 Å². The van der Waals surface area contributed by atoms with E-state index in [1.165, 1.54) is 103 Å². The monoisotopic (exact) mass is 394 g/mol. The van der Waals surface area contributed by atoms with Crippen LogP contribution < -0.4 is 20.9 Å². The molecule has 3 aliphatic carbocycles. The molecule has 0 aliphatic heterocycles. The lowest BCUT2D eigenvalue weighted by atomic mass is 9.90. The Labute approximate surface area is 171 Å². The van der Waals surface area contributed by atoms with E-state index in [9.17, 15) is 0 Å². The molecule has 158 valence electrons. The standard InChI is InChI=1S/C22H46N4Si/c1-2-21(23-18-12-6-3-7-13-18)22(26-27,24-19-14-8-4-9-15-19)25-20-16-10-5-11-17-20/h18-21,23-26H,2-17H2,1,27H3. The second kappa shape index (κ2) is 11.3. The fourth-order valence-corrected chi connectivity index (χ4v) is 6.44. The lowest BCUT2D eigenvalue weighted by Gasteiger charge is -2.49. The summed E-state index contributed by atoms with van der Waals surface area (Å²) >= 11 is 0. The zero-order chi connectivity index (χ0) is 19.0. The van der Waals surface area contributed by atoms with Crippen LogP contribution in [0.1, 0.15) is 110 Å². The topological polar surface area (TPSA) is 48.1 Å². The Hall–Kier alpha value is 0.0569. The van der Waals surface area contributed by atoms with Crippen molar-refractivity contribution in [1.29, 1.82) is 0 Å². The van der Waals surface area contributed by atoms with Gasteiger partial charge < -0.3 is 10.3 Å². The smallest absolute Gasteiger partial charge is 0.133 e. The highest BCUT2D eigenvalue weighted by molar-refractivity contribution is 6.04. The quantitative estimate of drug-likeness (QED) is 0.359. The summed E-state index contributed by atoms with van der Waals surface area (Å²) in [6, 6.07) is 2.50. The minimum absolute atomic E-state index is 0.123. The Kier molecular flexibility index (Phi) is 9.10. The molecule has 4 nitrogen and oxygen atoms in total. The fourth-order valence-electron chi connectivity index (χ4n) is 5.80. The van der Waals surface area contributed by atoms with Crippen molar-refractivity contribution in [3.05, 3.63) is 0 Å². The van der Waals surface area contributed by atoms with Gasteiger partial charge in [-0.1, -0.05) is 64.7 Å². The van der Waals surface area contributed by atoms with Gasteiger partial charge in [0.25, 0.3) is 0 Å². The molecule has 0 radical (unpaired) electrons. The summed E-state index contributed by atoms with van der Waals surface area (Å²) in [6.45, 7) is 2.37. The summed E-state index contributed by atoms with van der Waals surface area (Å²) < 4.78 is 0. The van der Waals surface area contributed by atoms with E-state index in [1.807, 2.05) is 0 Å². The minimum atomic E-state index is -0.123. The summed E-state index contributed by atoms with van der Waals surface area (Å²) in [5.74, 6) is -0.123. The molecule has 27 heavy (non-hydrogen) atoms. The van der Waals surface area contributed by atoms with E-state index < -0.39 is 0 Å². The van der Waals surface area contributed by atoms with Gasteiger partial charge in [0.05, 0.1) is 16.4 Å². The first-order valence-corrected chi connectivity index (χ1v) is 13.3. The average molecular weight is 395 g/mol. The van der Waals surface area contributed by atoms with Crippen molar-refractivity contribution in [1.82, 2.24) is 20.9 Å². The van der Waals surface area contributed by atoms with Crippen LogP contribution in [0.5, 0.6) is 0 Å². The van der Waals surface area contributed by atoms with E-state index in [1.54, 1.807) is 0 Å². The minimum Gasteiger partial charge on any atom is -0.315 e. The van der Waals surface area contributed by atoms with Crippen molar-refractivity contribution >= 4 is 10.4 Å². The van der Waals surface area contributed by atoms with Crippen LogP contribution in [-0.2, 0) is 0 Å². The molecule has 0 amide bonds. The molecule has 3 saturated carbocycles. The van der Waals surface area contributed by atoms with Crippen molar-refractivity contribution in [2.75, 3.05) is 0 Å². The second-order valence-electron chi connectivity index (χ2n) is 9.48. The first-order chi connectivity index (χ1) is 13.3. The number of rotatable bonds is 9. The summed E-state index contributed by atoms with van der Waals surface area (Å²) in [4.78, 5) is 3.90. The molecule has 1 unspecified atom stereocenters. The molecular formula is C22H46N4Si. The van der Waals surface area contributed by atoms with E-state index in [0.29, 0.717) is 24.2 Å². The Morgan fingerprint density at radius 3 is 1.48 bits per heavy atom. The number of hydrogen-bond donors (Lipinski definition) is 4. The van der Waals surface area contributed by atoms with Crippen LogP contribution in [0.25, 0.3) is 0 Å². The third-order valence-electron chi connectivity index (χ3n) is 7.44. The Balaban J connectivity index is 1.73. The van der Waals surface area contributed by atoms with Crippen LogP contribution >= 0.6 is 0 Å². The van der Waals surface area contributed by atoms with Crippen molar-refractivity contribution < 1.29 is 0 Å². The highest BCUT2D eigenvalue weighted by atomic mass is 28.2. The van der Waals surface area contributed by atoms with Crippen molar-refractivity contribution in [3.63, 3.8) is 0 Å². The second-order valence-corrected chi connectivity index (χ2v) is 9.98. The van der Waals surface area contributed by atoms with Crippen LogP contribution in [-0.4, -0.2) is 40.4 Å². The molecule has 5 heteroatoms. The third kappa shape index (κ3) is 6.27. The van der Waals surface area contributed by atoms with E-state index in [-0.39, 0.29) is 5.79 Å². The molecule has 0 aromatic carbocycles. The predicted molar refractivity (Wildman–Crippen MR) is 120 cm³/mol. The molecule has 0 bridgehead atoms. The summed E-state index contributed by atoms with van der Waals surface area (Å²) in [6.07, 6.45) is 21.9.